The first-order chi connectivity index (χ1) is 9.31. The molecule has 0 aliphatic heterocycles. The fraction of sp³-hybridized carbons (Fsp3) is 0.529. The fourth-order valence-electron chi connectivity index (χ4n) is 3.45. The Morgan fingerprint density at radius 1 is 1.16 bits per heavy atom. The van der Waals surface area contributed by atoms with Crippen LogP contribution in [0.2, 0.25) is 0 Å². The first kappa shape index (κ1) is 12.6. The van der Waals surface area contributed by atoms with Crippen molar-refractivity contribution in [2.45, 2.75) is 32.7 Å². The second kappa shape index (κ2) is 5.28. The van der Waals surface area contributed by atoms with Crippen molar-refractivity contribution in [3.63, 3.8) is 0 Å². The lowest BCUT2D eigenvalue weighted by Gasteiger charge is -2.41. The van der Waals surface area contributed by atoms with Crippen LogP contribution in [0.3, 0.4) is 0 Å². The molecular weight excluding hydrogens is 232 g/mol. The average molecular weight is 256 g/mol. The zero-order valence-corrected chi connectivity index (χ0v) is 12.0. The Bertz CT molecular complexity index is 445. The molecule has 3 rings (SSSR count). The largest absolute Gasteiger partial charge is 0.382 e. The van der Waals surface area contributed by atoms with E-state index in [1.54, 1.807) is 0 Å². The van der Waals surface area contributed by atoms with Gasteiger partial charge in [0.1, 0.15) is 0 Å². The van der Waals surface area contributed by atoms with E-state index in [4.69, 9.17) is 0 Å². The molecule has 19 heavy (non-hydrogen) atoms. The first-order valence-corrected chi connectivity index (χ1v) is 7.60. The van der Waals surface area contributed by atoms with Gasteiger partial charge < -0.3 is 10.2 Å². The molecular formula is C17H24N2. The lowest BCUT2D eigenvalue weighted by atomic mass is 9.71. The van der Waals surface area contributed by atoms with Crippen LogP contribution in [0.25, 0.3) is 0 Å². The average Bonchev–Trinajstić information content (AvgIpc) is 2.80. The van der Waals surface area contributed by atoms with Crippen LogP contribution in [0.5, 0.6) is 0 Å². The monoisotopic (exact) mass is 256 g/mol. The first-order valence-electron chi connectivity index (χ1n) is 7.60. The van der Waals surface area contributed by atoms with Crippen LogP contribution in [0.15, 0.2) is 36.4 Å². The number of anilines is 2. The number of nitrogens with zero attached hydrogens (tertiary/aromatic N) is 1. The normalized spacial score (nSPS) is 27.8. The Balaban J connectivity index is 1.61. The van der Waals surface area contributed by atoms with Gasteiger partial charge in [0.2, 0.25) is 0 Å². The lowest BCUT2D eigenvalue weighted by molar-refractivity contribution is 0.218. The summed E-state index contributed by atoms with van der Waals surface area (Å²) in [5.41, 5.74) is 2.59. The van der Waals surface area contributed by atoms with Gasteiger partial charge >= 0.3 is 0 Å². The molecule has 1 aromatic rings. The minimum atomic E-state index is 0.656. The van der Waals surface area contributed by atoms with E-state index in [1.807, 2.05) is 0 Å². The van der Waals surface area contributed by atoms with Crippen molar-refractivity contribution in [1.82, 2.24) is 0 Å². The summed E-state index contributed by atoms with van der Waals surface area (Å²) < 4.78 is 0. The van der Waals surface area contributed by atoms with Crippen molar-refractivity contribution in [3.8, 4) is 0 Å². The van der Waals surface area contributed by atoms with Crippen LogP contribution in [-0.4, -0.2) is 19.1 Å². The quantitative estimate of drug-likeness (QED) is 0.804. The number of benzene rings is 1. The van der Waals surface area contributed by atoms with Gasteiger partial charge in [-0.1, -0.05) is 12.2 Å². The van der Waals surface area contributed by atoms with Crippen molar-refractivity contribution in [2.24, 2.45) is 11.8 Å². The minimum absolute atomic E-state index is 0.656. The van der Waals surface area contributed by atoms with Crippen LogP contribution in [0.4, 0.5) is 11.4 Å². The molecule has 0 aromatic heterocycles. The van der Waals surface area contributed by atoms with Gasteiger partial charge in [0, 0.05) is 36.4 Å². The molecule has 1 saturated carbocycles. The number of hydrogen-bond donors (Lipinski definition) is 1. The van der Waals surface area contributed by atoms with E-state index in [0.29, 0.717) is 6.04 Å². The summed E-state index contributed by atoms with van der Waals surface area (Å²) in [6.45, 7) is 6.55. The molecule has 102 valence electrons. The van der Waals surface area contributed by atoms with E-state index in [0.717, 1.165) is 24.9 Å². The SMILES string of the molecule is CCN(CC)c1ccc(NC2CC3CC=CC32)cc1. The molecule has 0 spiro atoms. The minimum Gasteiger partial charge on any atom is -0.382 e. The fourth-order valence-corrected chi connectivity index (χ4v) is 3.45. The zero-order chi connectivity index (χ0) is 13.2. The third kappa shape index (κ3) is 2.36. The molecule has 1 aromatic carbocycles. The summed E-state index contributed by atoms with van der Waals surface area (Å²) >= 11 is 0. The molecule has 3 atom stereocenters. The van der Waals surface area contributed by atoms with Crippen LogP contribution in [0.1, 0.15) is 26.7 Å². The Hall–Kier alpha value is -1.44. The molecule has 2 aliphatic rings. The Kier molecular flexibility index (Phi) is 3.50. The third-order valence-corrected chi connectivity index (χ3v) is 4.71. The second-order valence-corrected chi connectivity index (χ2v) is 5.71. The van der Waals surface area contributed by atoms with Gasteiger partial charge in [0.25, 0.3) is 0 Å². The molecule has 0 radical (unpaired) electrons. The predicted octanol–water partition coefficient (Wildman–Crippen LogP) is 3.91. The highest BCUT2D eigenvalue weighted by molar-refractivity contribution is 5.55. The van der Waals surface area contributed by atoms with Gasteiger partial charge in [-0.3, -0.25) is 0 Å². The van der Waals surface area contributed by atoms with E-state index in [2.05, 4.69) is 60.5 Å². The number of allylic oxidation sites excluding steroid dienone is 1. The van der Waals surface area contributed by atoms with Crippen LogP contribution in [-0.2, 0) is 0 Å². The molecule has 1 fully saturated rings. The highest BCUT2D eigenvalue weighted by Gasteiger charge is 2.40. The van der Waals surface area contributed by atoms with Crippen molar-refractivity contribution in [1.29, 1.82) is 0 Å². The molecule has 2 heteroatoms. The summed E-state index contributed by atoms with van der Waals surface area (Å²) in [5.74, 6) is 1.70. The molecule has 3 unspecified atom stereocenters. The van der Waals surface area contributed by atoms with E-state index >= 15 is 0 Å². The molecule has 1 N–H and O–H groups in total. The maximum absolute atomic E-state index is 3.68. The van der Waals surface area contributed by atoms with Gasteiger partial charge in [0.05, 0.1) is 0 Å². The second-order valence-electron chi connectivity index (χ2n) is 5.71. The van der Waals surface area contributed by atoms with Crippen LogP contribution < -0.4 is 10.2 Å². The molecule has 0 bridgehead atoms. The van der Waals surface area contributed by atoms with Crippen molar-refractivity contribution < 1.29 is 0 Å². The number of rotatable bonds is 5. The predicted molar refractivity (Wildman–Crippen MR) is 82.8 cm³/mol. The van der Waals surface area contributed by atoms with Crippen molar-refractivity contribution in [2.75, 3.05) is 23.3 Å². The van der Waals surface area contributed by atoms with E-state index in [-0.39, 0.29) is 0 Å². The topological polar surface area (TPSA) is 15.3 Å². The van der Waals surface area contributed by atoms with Crippen molar-refractivity contribution >= 4 is 11.4 Å². The Labute approximate surface area is 116 Å². The smallest absolute Gasteiger partial charge is 0.0367 e. The number of fused-ring (bicyclic) bond motifs is 1. The summed E-state index contributed by atoms with van der Waals surface area (Å²) in [6, 6.07) is 9.56. The van der Waals surface area contributed by atoms with Crippen LogP contribution >= 0.6 is 0 Å². The number of hydrogen-bond acceptors (Lipinski definition) is 2. The zero-order valence-electron chi connectivity index (χ0n) is 12.0. The lowest BCUT2D eigenvalue weighted by Crippen LogP contribution is -2.43. The Morgan fingerprint density at radius 3 is 2.53 bits per heavy atom. The third-order valence-electron chi connectivity index (χ3n) is 4.71. The molecule has 2 aliphatic carbocycles. The van der Waals surface area contributed by atoms with Gasteiger partial charge in [-0.05, 0) is 56.9 Å². The molecule has 0 saturated heterocycles. The molecule has 2 nitrogen and oxygen atoms in total. The highest BCUT2D eigenvalue weighted by Crippen LogP contribution is 2.44. The van der Waals surface area contributed by atoms with Crippen molar-refractivity contribution in [3.05, 3.63) is 36.4 Å². The molecule has 0 amide bonds. The molecule has 0 heterocycles. The standard InChI is InChI=1S/C17H24N2/c1-3-19(4-2)15-10-8-14(9-11-15)18-17-12-13-6-5-7-16(13)17/h5,7-11,13,16-18H,3-4,6,12H2,1-2H3. The summed E-state index contributed by atoms with van der Waals surface area (Å²) in [6.07, 6.45) is 7.37. The maximum atomic E-state index is 3.68. The van der Waals surface area contributed by atoms with Gasteiger partial charge in [-0.2, -0.15) is 0 Å². The van der Waals surface area contributed by atoms with E-state index in [1.165, 1.54) is 24.2 Å². The summed E-state index contributed by atoms with van der Waals surface area (Å²) in [4.78, 5) is 2.38. The maximum Gasteiger partial charge on any atom is 0.0367 e. The highest BCUT2D eigenvalue weighted by atomic mass is 15.1. The number of nitrogens with one attached hydrogen (secondary N) is 1. The van der Waals surface area contributed by atoms with Gasteiger partial charge in [-0.15, -0.1) is 0 Å². The Morgan fingerprint density at radius 2 is 1.89 bits per heavy atom. The van der Waals surface area contributed by atoms with Crippen LogP contribution in [0, 0.1) is 11.8 Å². The van der Waals surface area contributed by atoms with E-state index in [9.17, 15) is 0 Å². The summed E-state index contributed by atoms with van der Waals surface area (Å²) in [5, 5.41) is 3.68. The van der Waals surface area contributed by atoms with E-state index < -0.39 is 0 Å². The summed E-state index contributed by atoms with van der Waals surface area (Å²) in [7, 11) is 0. The van der Waals surface area contributed by atoms with Gasteiger partial charge in [-0.25, -0.2) is 0 Å². The van der Waals surface area contributed by atoms with Gasteiger partial charge in [0.15, 0.2) is 0 Å².